The summed E-state index contributed by atoms with van der Waals surface area (Å²) >= 11 is 6.36. The number of nitrogens with zero attached hydrogens (tertiary/aromatic N) is 4. The van der Waals surface area contributed by atoms with Gasteiger partial charge >= 0.3 is 0 Å². The Hall–Kier alpha value is -3.30. The Morgan fingerprint density at radius 3 is 2.85 bits per heavy atom. The summed E-state index contributed by atoms with van der Waals surface area (Å²) in [5.41, 5.74) is 8.48. The molecule has 3 aromatic carbocycles. The number of benzene rings is 3. The van der Waals surface area contributed by atoms with E-state index in [1.807, 2.05) is 42.5 Å². The van der Waals surface area contributed by atoms with Gasteiger partial charge in [-0.25, -0.2) is 8.48 Å². The number of anilines is 2. The van der Waals surface area contributed by atoms with E-state index in [0.717, 1.165) is 25.7 Å². The summed E-state index contributed by atoms with van der Waals surface area (Å²) in [6.07, 6.45) is 0.322. The van der Waals surface area contributed by atoms with E-state index < -0.39 is 5.82 Å². The van der Waals surface area contributed by atoms with Crippen LogP contribution in [0, 0.1) is 20.7 Å². The van der Waals surface area contributed by atoms with Gasteiger partial charge in [-0.1, -0.05) is 12.1 Å². The number of para-hydroxylation sites is 1. The van der Waals surface area contributed by atoms with Crippen LogP contribution in [0.2, 0.25) is 0 Å². The van der Waals surface area contributed by atoms with Gasteiger partial charge in [0.05, 0.1) is 14.7 Å². The van der Waals surface area contributed by atoms with E-state index in [2.05, 4.69) is 40.5 Å². The highest BCUT2D eigenvalue weighted by Gasteiger charge is 2.32. The molecule has 2 N–H and O–H groups in total. The molecular weight excluding hydrogens is 568 g/mol. The van der Waals surface area contributed by atoms with Crippen LogP contribution in [0.1, 0.15) is 23.5 Å². The largest absolute Gasteiger partial charge is 0.452 e. The van der Waals surface area contributed by atoms with Crippen LogP contribution in [0.4, 0.5) is 15.9 Å². The van der Waals surface area contributed by atoms with Crippen LogP contribution in [0.25, 0.3) is 10.9 Å². The minimum absolute atomic E-state index is 0.0110. The first kappa shape index (κ1) is 22.5. The van der Waals surface area contributed by atoms with Crippen LogP contribution >= 0.6 is 35.4 Å². The SMILES string of the molecule is N#Cc1cccc(F)c1Oc1cc([C@H]2CC(=O)N(c3ccc4c(c3)c(N)nn4S)C2)ccc1I. The standard InChI is InChI=1S/C24H17FIN5O2S/c25-18-3-1-2-14(11-27)23(18)33-21-8-13(4-6-19(21)26)15-9-22(32)30(12-15)16-5-7-20-17(10-16)24(28)29-31(20)34/h1-8,10,15,34H,9,12H2,(H2,28,29)/t15-/m0/s1. The number of nitrogen functional groups attached to an aromatic ring is 1. The van der Waals surface area contributed by atoms with Crippen molar-refractivity contribution < 1.29 is 13.9 Å². The minimum Gasteiger partial charge on any atom is -0.452 e. The van der Waals surface area contributed by atoms with Crippen molar-refractivity contribution >= 4 is 63.7 Å². The first-order valence-electron chi connectivity index (χ1n) is 10.3. The third-order valence-electron chi connectivity index (χ3n) is 5.84. The number of amides is 1. The molecule has 5 rings (SSSR count). The van der Waals surface area contributed by atoms with Gasteiger partial charge in [-0.2, -0.15) is 5.26 Å². The van der Waals surface area contributed by atoms with Crippen molar-refractivity contribution in [3.8, 4) is 17.6 Å². The number of carbonyl (C=O) groups is 1. The molecule has 0 saturated carbocycles. The maximum absolute atomic E-state index is 14.3. The smallest absolute Gasteiger partial charge is 0.227 e. The molecule has 0 unspecified atom stereocenters. The molecule has 7 nitrogen and oxygen atoms in total. The molecule has 1 atom stereocenters. The molecule has 170 valence electrons. The van der Waals surface area contributed by atoms with E-state index in [4.69, 9.17) is 10.5 Å². The number of carbonyl (C=O) groups excluding carboxylic acids is 1. The number of rotatable bonds is 4. The van der Waals surface area contributed by atoms with Gasteiger partial charge in [0.15, 0.2) is 17.4 Å². The Morgan fingerprint density at radius 2 is 2.06 bits per heavy atom. The lowest BCUT2D eigenvalue weighted by Crippen LogP contribution is -2.24. The van der Waals surface area contributed by atoms with E-state index in [0.29, 0.717) is 24.5 Å². The van der Waals surface area contributed by atoms with Crippen LogP contribution in [-0.4, -0.2) is 21.6 Å². The Morgan fingerprint density at radius 1 is 1.24 bits per heavy atom. The van der Waals surface area contributed by atoms with Gasteiger partial charge in [-0.05, 0) is 83.4 Å². The highest BCUT2D eigenvalue weighted by molar-refractivity contribution is 14.1. The van der Waals surface area contributed by atoms with Gasteiger partial charge in [0.2, 0.25) is 5.91 Å². The van der Waals surface area contributed by atoms with E-state index in [9.17, 15) is 14.4 Å². The lowest BCUT2D eigenvalue weighted by Gasteiger charge is -2.18. The van der Waals surface area contributed by atoms with Gasteiger partial charge in [0.25, 0.3) is 0 Å². The van der Waals surface area contributed by atoms with E-state index >= 15 is 0 Å². The average molecular weight is 585 g/mol. The molecule has 0 bridgehead atoms. The van der Waals surface area contributed by atoms with Crippen molar-refractivity contribution in [3.63, 3.8) is 0 Å². The second-order valence-electron chi connectivity index (χ2n) is 7.90. The topological polar surface area (TPSA) is 97.2 Å². The Balaban J connectivity index is 1.43. The molecular formula is C24H17FIN5O2S. The predicted molar refractivity (Wildman–Crippen MR) is 139 cm³/mol. The molecule has 1 aliphatic rings. The van der Waals surface area contributed by atoms with Crippen molar-refractivity contribution in [3.05, 3.63) is 75.1 Å². The van der Waals surface area contributed by atoms with Crippen LogP contribution in [0.5, 0.6) is 11.5 Å². The van der Waals surface area contributed by atoms with E-state index in [1.54, 1.807) is 4.90 Å². The number of hydrogen-bond acceptors (Lipinski definition) is 6. The van der Waals surface area contributed by atoms with Gasteiger partial charge in [0, 0.05) is 30.0 Å². The number of nitrogens with two attached hydrogens (primary N) is 1. The number of halogens is 2. The summed E-state index contributed by atoms with van der Waals surface area (Å²) < 4.78 is 22.3. The molecule has 0 radical (unpaired) electrons. The average Bonchev–Trinajstić information content (AvgIpc) is 3.35. The zero-order valence-corrected chi connectivity index (χ0v) is 20.6. The van der Waals surface area contributed by atoms with Gasteiger partial charge < -0.3 is 15.4 Å². The second kappa shape index (κ2) is 8.81. The first-order chi connectivity index (χ1) is 16.4. The van der Waals surface area contributed by atoms with Crippen LogP contribution in [0.3, 0.4) is 0 Å². The quantitative estimate of drug-likeness (QED) is 0.252. The molecule has 10 heteroatoms. The van der Waals surface area contributed by atoms with E-state index in [1.165, 1.54) is 22.3 Å². The number of aromatic nitrogens is 2. The lowest BCUT2D eigenvalue weighted by atomic mass is 9.98. The summed E-state index contributed by atoms with van der Waals surface area (Å²) in [5, 5.41) is 14.1. The predicted octanol–water partition coefficient (Wildman–Crippen LogP) is 5.24. The molecule has 1 aromatic heterocycles. The monoisotopic (exact) mass is 585 g/mol. The zero-order valence-electron chi connectivity index (χ0n) is 17.6. The van der Waals surface area contributed by atoms with Gasteiger partial charge in [0.1, 0.15) is 11.8 Å². The molecule has 0 spiro atoms. The van der Waals surface area contributed by atoms with Crippen molar-refractivity contribution in [2.75, 3.05) is 17.2 Å². The molecule has 34 heavy (non-hydrogen) atoms. The summed E-state index contributed by atoms with van der Waals surface area (Å²) in [7, 11) is 0. The first-order valence-corrected chi connectivity index (χ1v) is 11.8. The summed E-state index contributed by atoms with van der Waals surface area (Å²) in [6.45, 7) is 0.475. The summed E-state index contributed by atoms with van der Waals surface area (Å²) in [5.74, 6) is -0.0338. The molecule has 1 saturated heterocycles. The van der Waals surface area contributed by atoms with Crippen molar-refractivity contribution in [1.29, 1.82) is 5.26 Å². The number of thiol groups is 1. The molecule has 1 aliphatic heterocycles. The fourth-order valence-electron chi connectivity index (χ4n) is 4.12. The summed E-state index contributed by atoms with van der Waals surface area (Å²) in [4.78, 5) is 14.6. The van der Waals surface area contributed by atoms with Crippen LogP contribution in [0.15, 0.2) is 54.6 Å². The van der Waals surface area contributed by atoms with Crippen LogP contribution < -0.4 is 15.4 Å². The maximum atomic E-state index is 14.3. The molecule has 1 amide bonds. The minimum atomic E-state index is -0.610. The van der Waals surface area contributed by atoms with Crippen molar-refractivity contribution in [2.45, 2.75) is 12.3 Å². The van der Waals surface area contributed by atoms with Gasteiger partial charge in [-0.15, -0.1) is 5.10 Å². The maximum Gasteiger partial charge on any atom is 0.227 e. The molecule has 0 aliphatic carbocycles. The van der Waals surface area contributed by atoms with Crippen molar-refractivity contribution in [2.24, 2.45) is 0 Å². The van der Waals surface area contributed by atoms with E-state index in [-0.39, 0.29) is 23.1 Å². The zero-order chi connectivity index (χ0) is 24.0. The number of hydrogen-bond donors (Lipinski definition) is 2. The molecule has 2 heterocycles. The van der Waals surface area contributed by atoms with Crippen LogP contribution in [-0.2, 0) is 4.79 Å². The third-order valence-corrected chi connectivity index (χ3v) is 7.03. The fraction of sp³-hybridized carbons (Fsp3) is 0.125. The van der Waals surface area contributed by atoms with Crippen molar-refractivity contribution in [1.82, 2.24) is 9.19 Å². The number of ether oxygens (including phenoxy) is 1. The normalized spacial score (nSPS) is 15.6. The van der Waals surface area contributed by atoms with Gasteiger partial charge in [-0.3, -0.25) is 4.79 Å². The fourth-order valence-corrected chi connectivity index (χ4v) is 4.84. The Bertz CT molecular complexity index is 1500. The Kier molecular flexibility index (Phi) is 5.83. The Labute approximate surface area is 213 Å². The molecule has 4 aromatic rings. The summed E-state index contributed by atoms with van der Waals surface area (Å²) in [6, 6.07) is 17.3. The highest BCUT2D eigenvalue weighted by Crippen LogP contribution is 2.38. The second-order valence-corrected chi connectivity index (χ2v) is 9.44. The highest BCUT2D eigenvalue weighted by atomic mass is 127. The molecule has 1 fully saturated rings. The third kappa shape index (κ3) is 3.95. The number of fused-ring (bicyclic) bond motifs is 1. The lowest BCUT2D eigenvalue weighted by molar-refractivity contribution is -0.117. The number of nitriles is 1.